The van der Waals surface area contributed by atoms with Crippen molar-refractivity contribution in [2.75, 3.05) is 0 Å². The summed E-state index contributed by atoms with van der Waals surface area (Å²) in [4.78, 5) is 9.59. The molecule has 0 bridgehead atoms. The van der Waals surface area contributed by atoms with Crippen molar-refractivity contribution in [2.24, 2.45) is 0 Å². The van der Waals surface area contributed by atoms with Crippen LogP contribution in [0.15, 0.2) is 28.0 Å². The van der Waals surface area contributed by atoms with E-state index >= 15 is 0 Å². The van der Waals surface area contributed by atoms with Crippen molar-refractivity contribution < 1.29 is 28.5 Å². The second-order valence-electron chi connectivity index (χ2n) is 3.49. The van der Waals surface area contributed by atoms with Gasteiger partial charge in [0.15, 0.2) is 6.10 Å². The summed E-state index contributed by atoms with van der Waals surface area (Å²) >= 11 is 0. The number of rotatable bonds is 2. The molecule has 0 saturated carbocycles. The molecule has 90 valence electrons. The van der Waals surface area contributed by atoms with Gasteiger partial charge in [-0.2, -0.15) is 0 Å². The van der Waals surface area contributed by atoms with Gasteiger partial charge in [-0.1, -0.05) is 12.1 Å². The van der Waals surface area contributed by atoms with Crippen molar-refractivity contribution in [3.05, 3.63) is 28.7 Å². The van der Waals surface area contributed by atoms with Crippen LogP contribution in [0.25, 0.3) is 6.08 Å². The van der Waals surface area contributed by atoms with Crippen molar-refractivity contribution in [2.45, 2.75) is 11.0 Å². The molecule has 0 amide bonds. The number of benzene rings is 1. The van der Waals surface area contributed by atoms with Crippen LogP contribution in [0.2, 0.25) is 0 Å². The number of sulfone groups is 1. The van der Waals surface area contributed by atoms with Gasteiger partial charge in [0, 0.05) is 0 Å². The number of carboxylic acid groups (broad SMARTS) is 1. The first kappa shape index (κ1) is 11.6. The minimum absolute atomic E-state index is 0.167. The minimum atomic E-state index is -4.14. The van der Waals surface area contributed by atoms with Crippen LogP contribution in [0.5, 0.6) is 5.75 Å². The maximum atomic E-state index is 11.9. The molecule has 1 aromatic rings. The van der Waals surface area contributed by atoms with Crippen LogP contribution in [0.3, 0.4) is 0 Å². The monoisotopic (exact) mass is 256 g/mol. The first-order chi connectivity index (χ1) is 7.85. The van der Waals surface area contributed by atoms with Crippen LogP contribution < -0.4 is 0 Å². The summed E-state index contributed by atoms with van der Waals surface area (Å²) in [5, 5.41) is 27.4. The lowest BCUT2D eigenvalue weighted by molar-refractivity contribution is -0.144. The Morgan fingerprint density at radius 3 is 2.47 bits per heavy atom. The zero-order chi connectivity index (χ0) is 12.8. The molecule has 2 rings (SSSR count). The molecule has 0 aliphatic carbocycles. The number of aliphatic hydroxyl groups excluding tert-OH is 1. The molecule has 0 aromatic heterocycles. The summed E-state index contributed by atoms with van der Waals surface area (Å²) in [5.41, 5.74) is 0.167. The number of carbonyl (C=O) groups is 1. The summed E-state index contributed by atoms with van der Waals surface area (Å²) in [5.74, 6) is -2.13. The normalized spacial score (nSPS) is 18.3. The molecule has 0 fully saturated rings. The molecule has 1 aromatic carbocycles. The van der Waals surface area contributed by atoms with Crippen LogP contribution in [0.1, 0.15) is 5.56 Å². The molecular weight excluding hydrogens is 248 g/mol. The van der Waals surface area contributed by atoms with Crippen molar-refractivity contribution >= 4 is 21.9 Å². The Morgan fingerprint density at radius 2 is 1.94 bits per heavy atom. The van der Waals surface area contributed by atoms with Gasteiger partial charge in [0.25, 0.3) is 0 Å². The molecule has 1 aliphatic heterocycles. The topological polar surface area (TPSA) is 112 Å². The van der Waals surface area contributed by atoms with E-state index in [9.17, 15) is 23.4 Å². The van der Waals surface area contributed by atoms with Gasteiger partial charge in [-0.15, -0.1) is 0 Å². The lowest BCUT2D eigenvalue weighted by Gasteiger charge is -2.07. The number of phenolic OH excluding ortho intramolecular Hbond substituents is 1. The highest BCUT2D eigenvalue weighted by Gasteiger charge is 2.38. The predicted molar refractivity (Wildman–Crippen MR) is 56.9 cm³/mol. The molecule has 1 heterocycles. The van der Waals surface area contributed by atoms with Gasteiger partial charge in [-0.05, 0) is 17.7 Å². The van der Waals surface area contributed by atoms with E-state index in [1.807, 2.05) is 0 Å². The Labute approximate surface area is 96.4 Å². The Kier molecular flexibility index (Phi) is 2.44. The standard InChI is InChI=1S/C10H8O6S/c11-6-3-1-2-5-4-7(8(12)10(13)14)17(15,16)9(5)6/h1-4,8,11-12H,(H,13,14). The SMILES string of the molecule is O=C(O)C(O)C1=Cc2cccc(O)c2S1(=O)=O. The molecule has 0 spiro atoms. The van der Waals surface area contributed by atoms with Crippen LogP contribution >= 0.6 is 0 Å². The van der Waals surface area contributed by atoms with Gasteiger partial charge in [0.2, 0.25) is 9.84 Å². The van der Waals surface area contributed by atoms with E-state index in [1.54, 1.807) is 0 Å². The molecule has 3 N–H and O–H groups in total. The lowest BCUT2D eigenvalue weighted by atomic mass is 10.2. The van der Waals surface area contributed by atoms with E-state index in [2.05, 4.69) is 0 Å². The molecule has 0 saturated heterocycles. The number of fused-ring (bicyclic) bond motifs is 1. The quantitative estimate of drug-likeness (QED) is 0.684. The fraction of sp³-hybridized carbons (Fsp3) is 0.100. The first-order valence-corrected chi connectivity index (χ1v) is 6.03. The Hall–Kier alpha value is -1.86. The van der Waals surface area contributed by atoms with Crippen LogP contribution in [0.4, 0.5) is 0 Å². The van der Waals surface area contributed by atoms with Crippen molar-refractivity contribution in [1.29, 1.82) is 0 Å². The first-order valence-electron chi connectivity index (χ1n) is 4.55. The molecule has 7 heteroatoms. The highest BCUT2D eigenvalue weighted by molar-refractivity contribution is 7.96. The number of aromatic hydroxyl groups is 1. The zero-order valence-electron chi connectivity index (χ0n) is 8.36. The van der Waals surface area contributed by atoms with Crippen molar-refractivity contribution in [1.82, 2.24) is 0 Å². The van der Waals surface area contributed by atoms with Crippen LogP contribution in [-0.2, 0) is 14.6 Å². The smallest absolute Gasteiger partial charge is 0.337 e. The maximum absolute atomic E-state index is 11.9. The third kappa shape index (κ3) is 1.60. The fourth-order valence-electron chi connectivity index (χ4n) is 1.64. The zero-order valence-corrected chi connectivity index (χ0v) is 9.18. The van der Waals surface area contributed by atoms with Gasteiger partial charge in [-0.3, -0.25) is 0 Å². The highest BCUT2D eigenvalue weighted by atomic mass is 32.2. The van der Waals surface area contributed by atoms with Gasteiger partial charge in [0.1, 0.15) is 10.6 Å². The van der Waals surface area contributed by atoms with E-state index in [0.717, 1.165) is 6.08 Å². The molecule has 1 unspecified atom stereocenters. The van der Waals surface area contributed by atoms with E-state index in [0.29, 0.717) is 0 Å². The van der Waals surface area contributed by atoms with Gasteiger partial charge >= 0.3 is 5.97 Å². The minimum Gasteiger partial charge on any atom is -0.507 e. The average Bonchev–Trinajstić information content (AvgIpc) is 2.50. The molecule has 6 nitrogen and oxygen atoms in total. The molecule has 17 heavy (non-hydrogen) atoms. The van der Waals surface area contributed by atoms with Crippen molar-refractivity contribution in [3.8, 4) is 5.75 Å². The number of carboxylic acids is 1. The summed E-state index contributed by atoms with van der Waals surface area (Å²) in [6.45, 7) is 0. The van der Waals surface area contributed by atoms with Crippen LogP contribution in [-0.4, -0.2) is 35.8 Å². The van der Waals surface area contributed by atoms with E-state index in [4.69, 9.17) is 5.11 Å². The van der Waals surface area contributed by atoms with Crippen molar-refractivity contribution in [3.63, 3.8) is 0 Å². The van der Waals surface area contributed by atoms with E-state index in [-0.39, 0.29) is 10.5 Å². The summed E-state index contributed by atoms with van der Waals surface area (Å²) in [7, 11) is -4.14. The number of aliphatic hydroxyl groups is 1. The van der Waals surface area contributed by atoms with Crippen LogP contribution in [0, 0.1) is 0 Å². The van der Waals surface area contributed by atoms with Gasteiger partial charge in [0.05, 0.1) is 4.91 Å². The summed E-state index contributed by atoms with van der Waals surface area (Å²) in [6.07, 6.45) is -1.09. The molecule has 0 radical (unpaired) electrons. The summed E-state index contributed by atoms with van der Waals surface area (Å²) in [6, 6.07) is 4.02. The number of phenols is 1. The third-order valence-electron chi connectivity index (χ3n) is 2.40. The maximum Gasteiger partial charge on any atom is 0.337 e. The number of hydrogen-bond donors (Lipinski definition) is 3. The van der Waals surface area contributed by atoms with E-state index in [1.165, 1.54) is 18.2 Å². The lowest BCUT2D eigenvalue weighted by Crippen LogP contribution is -2.25. The molecule has 1 atom stereocenters. The Bertz CT molecular complexity index is 628. The summed E-state index contributed by atoms with van der Waals surface area (Å²) < 4.78 is 23.8. The third-order valence-corrected chi connectivity index (χ3v) is 4.35. The number of aliphatic carboxylic acids is 1. The van der Waals surface area contributed by atoms with Gasteiger partial charge in [-0.25, -0.2) is 13.2 Å². The largest absolute Gasteiger partial charge is 0.507 e. The highest BCUT2D eigenvalue weighted by Crippen LogP contribution is 2.39. The fourth-order valence-corrected chi connectivity index (χ4v) is 3.34. The van der Waals surface area contributed by atoms with Gasteiger partial charge < -0.3 is 15.3 Å². The predicted octanol–water partition coefficient (Wildman–Crippen LogP) is -0.0341. The second kappa shape index (κ2) is 3.57. The molecule has 1 aliphatic rings. The Balaban J connectivity index is 2.66. The number of hydrogen-bond acceptors (Lipinski definition) is 5. The molecular formula is C10H8O6S. The average molecular weight is 256 g/mol. The Morgan fingerprint density at radius 1 is 1.29 bits per heavy atom. The second-order valence-corrected chi connectivity index (χ2v) is 5.37. The van der Waals surface area contributed by atoms with E-state index < -0.39 is 32.6 Å².